The molecule has 1 unspecified atom stereocenters. The van der Waals surface area contributed by atoms with E-state index in [4.69, 9.17) is 13.6 Å². The van der Waals surface area contributed by atoms with E-state index in [-0.39, 0.29) is 18.6 Å². The van der Waals surface area contributed by atoms with Gasteiger partial charge in [-0.3, -0.25) is 4.79 Å². The fraction of sp³-hybridized carbons (Fsp3) is 0.158. The van der Waals surface area contributed by atoms with Crippen molar-refractivity contribution in [3.05, 3.63) is 77.1 Å². The van der Waals surface area contributed by atoms with Crippen LogP contribution in [0, 0.1) is 0 Å². The van der Waals surface area contributed by atoms with Gasteiger partial charge in [-0.05, 0) is 52.3 Å². The summed E-state index contributed by atoms with van der Waals surface area (Å²) in [6.45, 7) is -0.130. The molecule has 0 saturated carbocycles. The summed E-state index contributed by atoms with van der Waals surface area (Å²) in [6.07, 6.45) is 3.68. The molecule has 0 radical (unpaired) electrons. The van der Waals surface area contributed by atoms with E-state index in [2.05, 4.69) is 21.0 Å². The third kappa shape index (κ3) is 3.30. The molecule has 3 heterocycles. The Balaban J connectivity index is 1.54. The summed E-state index contributed by atoms with van der Waals surface area (Å²) in [5.41, 5.74) is 0.700. The number of benzene rings is 1. The second-order valence-corrected chi connectivity index (χ2v) is 6.57. The molecule has 1 aromatic carbocycles. The SMILES string of the molecule is O=C(COc1ccccc1Br)N1N=C(c2ccco2)CC1c1ccco1. The predicted molar refractivity (Wildman–Crippen MR) is 97.8 cm³/mol. The normalized spacial score (nSPS) is 16.6. The summed E-state index contributed by atoms with van der Waals surface area (Å²) in [4.78, 5) is 12.8. The molecule has 0 bridgehead atoms. The van der Waals surface area contributed by atoms with E-state index in [1.54, 1.807) is 30.7 Å². The molecule has 0 spiro atoms. The minimum atomic E-state index is -0.319. The van der Waals surface area contributed by atoms with Crippen molar-refractivity contribution < 1.29 is 18.4 Å². The number of ether oxygens (including phenoxy) is 1. The molecule has 6 nitrogen and oxygen atoms in total. The van der Waals surface area contributed by atoms with Gasteiger partial charge in [0.2, 0.25) is 0 Å². The van der Waals surface area contributed by atoms with Crippen molar-refractivity contribution in [1.82, 2.24) is 5.01 Å². The van der Waals surface area contributed by atoms with E-state index in [9.17, 15) is 4.79 Å². The quantitative estimate of drug-likeness (QED) is 0.620. The molecule has 132 valence electrons. The average molecular weight is 415 g/mol. The van der Waals surface area contributed by atoms with Gasteiger partial charge in [-0.2, -0.15) is 5.10 Å². The molecular weight excluding hydrogens is 400 g/mol. The fourth-order valence-corrected chi connectivity index (χ4v) is 3.20. The predicted octanol–water partition coefficient (Wildman–Crippen LogP) is 4.39. The highest BCUT2D eigenvalue weighted by atomic mass is 79.9. The van der Waals surface area contributed by atoms with Crippen LogP contribution in [0.25, 0.3) is 0 Å². The maximum absolute atomic E-state index is 12.8. The van der Waals surface area contributed by atoms with Crippen LogP contribution in [0.1, 0.15) is 24.0 Å². The zero-order valence-corrected chi connectivity index (χ0v) is 15.3. The lowest BCUT2D eigenvalue weighted by Gasteiger charge is -2.20. The van der Waals surface area contributed by atoms with Crippen LogP contribution in [0.2, 0.25) is 0 Å². The number of rotatable bonds is 5. The van der Waals surface area contributed by atoms with E-state index < -0.39 is 0 Å². The molecule has 3 aromatic rings. The van der Waals surface area contributed by atoms with Crippen molar-refractivity contribution in [1.29, 1.82) is 0 Å². The lowest BCUT2D eigenvalue weighted by Crippen LogP contribution is -2.31. The van der Waals surface area contributed by atoms with Gasteiger partial charge in [0, 0.05) is 6.42 Å². The molecule has 1 atom stereocenters. The Morgan fingerprint density at radius 3 is 2.69 bits per heavy atom. The van der Waals surface area contributed by atoms with Gasteiger partial charge in [0.05, 0.1) is 17.0 Å². The highest BCUT2D eigenvalue weighted by Gasteiger charge is 2.35. The van der Waals surface area contributed by atoms with Crippen LogP contribution < -0.4 is 4.74 Å². The lowest BCUT2D eigenvalue weighted by molar-refractivity contribution is -0.135. The number of para-hydroxylation sites is 1. The molecule has 1 aliphatic rings. The van der Waals surface area contributed by atoms with E-state index in [0.29, 0.717) is 29.4 Å². The fourth-order valence-electron chi connectivity index (χ4n) is 2.80. The van der Waals surface area contributed by atoms with Gasteiger partial charge in [0.15, 0.2) is 6.61 Å². The zero-order valence-electron chi connectivity index (χ0n) is 13.7. The molecule has 2 aromatic heterocycles. The summed E-state index contributed by atoms with van der Waals surface area (Å²) < 4.78 is 17.3. The number of halogens is 1. The molecule has 0 saturated heterocycles. The lowest BCUT2D eigenvalue weighted by atomic mass is 10.1. The Labute approximate surface area is 158 Å². The van der Waals surface area contributed by atoms with Crippen LogP contribution in [0.15, 0.2) is 79.5 Å². The number of nitrogens with zero attached hydrogens (tertiary/aromatic N) is 2. The highest BCUT2D eigenvalue weighted by molar-refractivity contribution is 9.10. The number of carbonyl (C=O) groups excluding carboxylic acids is 1. The number of carbonyl (C=O) groups is 1. The monoisotopic (exact) mass is 414 g/mol. The summed E-state index contributed by atoms with van der Waals surface area (Å²) in [7, 11) is 0. The first-order valence-corrected chi connectivity index (χ1v) is 8.86. The Morgan fingerprint density at radius 2 is 1.96 bits per heavy atom. The number of hydrazone groups is 1. The third-order valence-electron chi connectivity index (χ3n) is 4.03. The molecule has 7 heteroatoms. The molecule has 0 fully saturated rings. The molecule has 4 rings (SSSR count). The van der Waals surface area contributed by atoms with Crippen molar-refractivity contribution >= 4 is 27.5 Å². The van der Waals surface area contributed by atoms with Crippen LogP contribution in [0.3, 0.4) is 0 Å². The van der Waals surface area contributed by atoms with Crippen LogP contribution in [0.4, 0.5) is 0 Å². The summed E-state index contributed by atoms with van der Waals surface area (Å²) in [5.74, 6) is 1.65. The summed E-state index contributed by atoms with van der Waals surface area (Å²) in [5, 5.41) is 5.87. The number of amides is 1. The van der Waals surface area contributed by atoms with Gasteiger partial charge in [-0.15, -0.1) is 0 Å². The van der Waals surface area contributed by atoms with Crippen LogP contribution in [0.5, 0.6) is 5.75 Å². The minimum Gasteiger partial charge on any atom is -0.483 e. The summed E-state index contributed by atoms with van der Waals surface area (Å²) in [6, 6.07) is 14.3. The second kappa shape index (κ2) is 7.21. The standard InChI is InChI=1S/C19H15BrN2O4/c20-13-5-1-2-6-16(13)26-12-19(23)22-15(18-8-4-10-25-18)11-14(21-22)17-7-3-9-24-17/h1-10,15H,11-12H2. The Hall–Kier alpha value is -2.80. The van der Waals surface area contributed by atoms with E-state index >= 15 is 0 Å². The largest absolute Gasteiger partial charge is 0.483 e. The maximum atomic E-state index is 12.8. The number of furan rings is 2. The van der Waals surface area contributed by atoms with Crippen LogP contribution >= 0.6 is 15.9 Å². The van der Waals surface area contributed by atoms with Gasteiger partial charge in [0.1, 0.15) is 29.0 Å². The first-order chi connectivity index (χ1) is 12.7. The van der Waals surface area contributed by atoms with Crippen LogP contribution in [-0.2, 0) is 4.79 Å². The van der Waals surface area contributed by atoms with Gasteiger partial charge in [0.25, 0.3) is 5.91 Å². The molecule has 1 amide bonds. The highest BCUT2D eigenvalue weighted by Crippen LogP contribution is 2.33. The van der Waals surface area contributed by atoms with E-state index in [0.717, 1.165) is 4.47 Å². The van der Waals surface area contributed by atoms with Crippen molar-refractivity contribution in [3.63, 3.8) is 0 Å². The van der Waals surface area contributed by atoms with Crippen molar-refractivity contribution in [2.45, 2.75) is 12.5 Å². The smallest absolute Gasteiger partial charge is 0.281 e. The van der Waals surface area contributed by atoms with Gasteiger partial charge >= 0.3 is 0 Å². The molecule has 0 aliphatic carbocycles. The first-order valence-electron chi connectivity index (χ1n) is 8.06. The minimum absolute atomic E-state index is 0.130. The molecule has 26 heavy (non-hydrogen) atoms. The second-order valence-electron chi connectivity index (χ2n) is 5.72. The molecule has 1 aliphatic heterocycles. The van der Waals surface area contributed by atoms with E-state index in [1.165, 1.54) is 5.01 Å². The van der Waals surface area contributed by atoms with Crippen molar-refractivity contribution in [2.75, 3.05) is 6.61 Å². The number of hydrogen-bond donors (Lipinski definition) is 0. The van der Waals surface area contributed by atoms with E-state index in [1.807, 2.05) is 30.3 Å². The number of hydrogen-bond acceptors (Lipinski definition) is 5. The van der Waals surface area contributed by atoms with Gasteiger partial charge < -0.3 is 13.6 Å². The average Bonchev–Trinajstić information content (AvgIpc) is 3.41. The Bertz CT molecular complexity index is 919. The third-order valence-corrected chi connectivity index (χ3v) is 4.69. The van der Waals surface area contributed by atoms with Crippen molar-refractivity contribution in [2.24, 2.45) is 5.10 Å². The topological polar surface area (TPSA) is 68.2 Å². The maximum Gasteiger partial charge on any atom is 0.281 e. The van der Waals surface area contributed by atoms with Gasteiger partial charge in [-0.25, -0.2) is 5.01 Å². The first kappa shape index (κ1) is 16.7. The zero-order chi connectivity index (χ0) is 17.9. The molecule has 0 N–H and O–H groups in total. The molecular formula is C19H15BrN2O4. The van der Waals surface area contributed by atoms with Crippen LogP contribution in [-0.4, -0.2) is 23.2 Å². The Kier molecular flexibility index (Phi) is 4.62. The Morgan fingerprint density at radius 1 is 1.15 bits per heavy atom. The summed E-state index contributed by atoms with van der Waals surface area (Å²) >= 11 is 3.40. The van der Waals surface area contributed by atoms with Crippen molar-refractivity contribution in [3.8, 4) is 5.75 Å². The van der Waals surface area contributed by atoms with Gasteiger partial charge in [-0.1, -0.05) is 12.1 Å².